The molecule has 7 nitrogen and oxygen atoms in total. The monoisotopic (exact) mass is 718 g/mol. The Morgan fingerprint density at radius 2 is 0.714 bits per heavy atom. The molecule has 0 aliphatic rings. The van der Waals surface area contributed by atoms with Crippen molar-refractivity contribution < 1.29 is 26.6 Å². The van der Waals surface area contributed by atoms with Gasteiger partial charge in [-0.3, -0.25) is 8.74 Å². The Balaban J connectivity index is 0. The van der Waals surface area contributed by atoms with Crippen molar-refractivity contribution in [3.05, 3.63) is 24.3 Å². The van der Waals surface area contributed by atoms with E-state index in [1.165, 1.54) is 180 Å². The van der Waals surface area contributed by atoms with Gasteiger partial charge in [0.25, 0.3) is 0 Å². The Morgan fingerprint density at radius 1 is 0.449 bits per heavy atom. The molecule has 0 fully saturated rings. The second kappa shape index (κ2) is 45.3. The van der Waals surface area contributed by atoms with Gasteiger partial charge in [0, 0.05) is 26.3 Å². The summed E-state index contributed by atoms with van der Waals surface area (Å²) >= 11 is 0. The van der Waals surface area contributed by atoms with Crippen LogP contribution in [0.15, 0.2) is 24.3 Å². The molecule has 8 heteroatoms. The molecule has 0 aromatic heterocycles. The Hall–Kier alpha value is -0.770. The molecule has 0 heterocycles. The van der Waals surface area contributed by atoms with Gasteiger partial charge >= 0.3 is 10.4 Å². The van der Waals surface area contributed by atoms with Crippen LogP contribution >= 0.6 is 0 Å². The highest BCUT2D eigenvalue weighted by Crippen LogP contribution is 2.11. The first-order valence-corrected chi connectivity index (χ1v) is 22.0. The van der Waals surface area contributed by atoms with Crippen LogP contribution in [0.1, 0.15) is 194 Å². The average Bonchev–Trinajstić information content (AvgIpc) is 3.09. The maximum atomic E-state index is 9.33. The average molecular weight is 718 g/mol. The van der Waals surface area contributed by atoms with Crippen molar-refractivity contribution in [3.63, 3.8) is 0 Å². The van der Waals surface area contributed by atoms with Gasteiger partial charge < -0.3 is 14.8 Å². The summed E-state index contributed by atoms with van der Waals surface area (Å²) in [7, 11) is -3.29. The molecule has 0 unspecified atom stereocenters. The molecular weight excluding hydrogens is 635 g/mol. The van der Waals surface area contributed by atoms with Crippen molar-refractivity contribution in [2.45, 2.75) is 194 Å². The summed E-state index contributed by atoms with van der Waals surface area (Å²) in [6.45, 7) is 9.91. The predicted molar refractivity (Wildman–Crippen MR) is 212 cm³/mol. The minimum atomic E-state index is -4.16. The van der Waals surface area contributed by atoms with Gasteiger partial charge in [-0.2, -0.15) is 8.42 Å². The first-order valence-electron chi connectivity index (χ1n) is 20.7. The molecule has 0 saturated carbocycles. The van der Waals surface area contributed by atoms with Crippen LogP contribution in [-0.2, 0) is 24.1 Å². The Labute approximate surface area is 306 Å². The van der Waals surface area contributed by atoms with E-state index in [4.69, 9.17) is 14.0 Å². The van der Waals surface area contributed by atoms with Gasteiger partial charge in [0.2, 0.25) is 0 Å². The Bertz CT molecular complexity index is 713. The SMILES string of the molecule is CCCCCCCC/C=C\CCCCCCCCOCCNCCOCCCCCCCC/C=C\CCCCCCCC.COS(=O)(=O)O. The fraction of sp³-hybridized carbons (Fsp3) is 0.902. The third-order valence-electron chi connectivity index (χ3n) is 8.66. The molecular formula is C41H83NO6S. The lowest BCUT2D eigenvalue weighted by molar-refractivity contribution is 0.117. The fourth-order valence-corrected chi connectivity index (χ4v) is 5.52. The first-order chi connectivity index (χ1) is 24.0. The molecule has 0 saturated heterocycles. The van der Waals surface area contributed by atoms with Crippen LogP contribution in [0.3, 0.4) is 0 Å². The van der Waals surface area contributed by atoms with Crippen molar-refractivity contribution in [1.29, 1.82) is 0 Å². The summed E-state index contributed by atoms with van der Waals surface area (Å²) in [5.41, 5.74) is 0. The number of nitrogens with one attached hydrogen (secondary N) is 1. The molecule has 2 N–H and O–H groups in total. The van der Waals surface area contributed by atoms with E-state index in [1.807, 2.05) is 0 Å². The van der Waals surface area contributed by atoms with Crippen LogP contribution in [0.2, 0.25) is 0 Å². The maximum absolute atomic E-state index is 9.33. The second-order valence-corrected chi connectivity index (χ2v) is 14.6. The molecule has 0 aromatic carbocycles. The van der Waals surface area contributed by atoms with E-state index in [-0.39, 0.29) is 0 Å². The molecule has 0 aliphatic heterocycles. The highest BCUT2D eigenvalue weighted by Gasteiger charge is 1.96. The molecule has 0 aromatic rings. The normalized spacial score (nSPS) is 11.9. The summed E-state index contributed by atoms with van der Waals surface area (Å²) in [5.74, 6) is 0. The number of unbranched alkanes of at least 4 members (excludes halogenated alkanes) is 24. The van der Waals surface area contributed by atoms with Crippen molar-refractivity contribution >= 4 is 10.4 Å². The molecule has 0 spiro atoms. The van der Waals surface area contributed by atoms with Gasteiger partial charge in [0.05, 0.1) is 20.3 Å². The van der Waals surface area contributed by atoms with Gasteiger partial charge in [-0.05, 0) is 64.2 Å². The molecule has 49 heavy (non-hydrogen) atoms. The Morgan fingerprint density at radius 3 is 1.00 bits per heavy atom. The smallest absolute Gasteiger partial charge is 0.380 e. The zero-order chi connectivity index (χ0) is 36.2. The van der Waals surface area contributed by atoms with E-state index < -0.39 is 10.4 Å². The van der Waals surface area contributed by atoms with E-state index in [9.17, 15) is 8.42 Å². The quantitative estimate of drug-likeness (QED) is 0.0371. The van der Waals surface area contributed by atoms with Gasteiger partial charge in [-0.1, -0.05) is 154 Å². The summed E-state index contributed by atoms with van der Waals surface area (Å²) in [4.78, 5) is 0. The van der Waals surface area contributed by atoms with Crippen molar-refractivity contribution in [3.8, 4) is 0 Å². The van der Waals surface area contributed by atoms with E-state index >= 15 is 0 Å². The zero-order valence-corrected chi connectivity index (χ0v) is 33.6. The largest absolute Gasteiger partial charge is 0.397 e. The number of hydrogen-bond donors (Lipinski definition) is 2. The van der Waals surface area contributed by atoms with E-state index in [1.54, 1.807) is 0 Å². The number of ether oxygens (including phenoxy) is 2. The van der Waals surface area contributed by atoms with Crippen LogP contribution in [0, 0.1) is 0 Å². The number of rotatable bonds is 39. The van der Waals surface area contributed by atoms with Gasteiger partial charge in [-0.15, -0.1) is 0 Å². The van der Waals surface area contributed by atoms with E-state index in [2.05, 4.69) is 47.7 Å². The summed E-state index contributed by atoms with van der Waals surface area (Å²) in [6.07, 6.45) is 47.6. The molecule has 0 rings (SSSR count). The molecule has 0 bridgehead atoms. The minimum Gasteiger partial charge on any atom is -0.380 e. The molecule has 0 radical (unpaired) electrons. The summed E-state index contributed by atoms with van der Waals surface area (Å²) in [6, 6.07) is 0. The van der Waals surface area contributed by atoms with Crippen molar-refractivity contribution in [2.24, 2.45) is 0 Å². The summed E-state index contributed by atoms with van der Waals surface area (Å²) < 4.78 is 41.3. The van der Waals surface area contributed by atoms with Crippen LogP contribution < -0.4 is 5.32 Å². The maximum Gasteiger partial charge on any atom is 0.397 e. The lowest BCUT2D eigenvalue weighted by Crippen LogP contribution is -2.24. The number of allylic oxidation sites excluding steroid dienone is 4. The van der Waals surface area contributed by atoms with Crippen LogP contribution in [-0.4, -0.2) is 59.6 Å². The molecule has 0 aliphatic carbocycles. The third-order valence-corrected chi connectivity index (χ3v) is 9.08. The van der Waals surface area contributed by atoms with Crippen LogP contribution in [0.5, 0.6) is 0 Å². The lowest BCUT2D eigenvalue weighted by atomic mass is 10.1. The zero-order valence-electron chi connectivity index (χ0n) is 32.7. The predicted octanol–water partition coefficient (Wildman–Crippen LogP) is 12.1. The number of hydrogen-bond acceptors (Lipinski definition) is 6. The van der Waals surface area contributed by atoms with Gasteiger partial charge in [0.15, 0.2) is 0 Å². The minimum absolute atomic E-state index is 0.819. The van der Waals surface area contributed by atoms with Gasteiger partial charge in [0.1, 0.15) is 0 Å². The van der Waals surface area contributed by atoms with E-state index in [0.29, 0.717) is 0 Å². The van der Waals surface area contributed by atoms with Gasteiger partial charge in [-0.25, -0.2) is 0 Å². The highest BCUT2D eigenvalue weighted by molar-refractivity contribution is 7.80. The molecule has 294 valence electrons. The third kappa shape index (κ3) is 54.2. The second-order valence-electron chi connectivity index (χ2n) is 13.4. The molecule has 0 atom stereocenters. The Kier molecular flexibility index (Phi) is 46.5. The highest BCUT2D eigenvalue weighted by atomic mass is 32.3. The lowest BCUT2D eigenvalue weighted by Gasteiger charge is -2.07. The first kappa shape index (κ1) is 50.3. The van der Waals surface area contributed by atoms with Crippen LogP contribution in [0.25, 0.3) is 0 Å². The van der Waals surface area contributed by atoms with E-state index in [0.717, 1.165) is 46.6 Å². The van der Waals surface area contributed by atoms with Crippen molar-refractivity contribution in [1.82, 2.24) is 5.32 Å². The summed E-state index contributed by atoms with van der Waals surface area (Å²) in [5, 5.41) is 3.44. The standard InChI is InChI=1S/C40H79NO2.CH4O4S/c1-3-5-7-9-11-13-15-17-19-21-23-25-27-29-31-33-37-42-39-35-41-36-40-43-38-34-32-30-28-26-24-22-20-18-16-14-12-10-8-6-4-2;1-5-6(2,3)4/h17-20,41H,3-16,21-40H2,1-2H3;1H3,(H,2,3,4)/b19-17-,20-18-;. The fourth-order valence-electron chi connectivity index (χ4n) is 5.52. The van der Waals surface area contributed by atoms with Crippen LogP contribution in [0.4, 0.5) is 0 Å². The van der Waals surface area contributed by atoms with Crippen molar-refractivity contribution in [2.75, 3.05) is 46.6 Å². The topological polar surface area (TPSA) is 94.1 Å². The molecule has 0 amide bonds.